The molecule has 0 bridgehead atoms. The standard InChI is InChI=1S/C27H23ClN2O5/c1-16-21(13-26(31)29-14-17-3-10-24-25(11-17)35-15-34-24)22-12-20(33-2)8-9-23(22)30(16)27(32)18-4-6-19(28)7-5-18/h3-12H,13-15H2,1-2H3,(H,29,31). The van der Waals surface area contributed by atoms with Crippen LogP contribution in [0.3, 0.4) is 0 Å². The Labute approximate surface area is 207 Å². The van der Waals surface area contributed by atoms with Gasteiger partial charge in [-0.05, 0) is 72.6 Å². The Kier molecular flexibility index (Phi) is 6.09. The van der Waals surface area contributed by atoms with Crippen molar-refractivity contribution in [2.24, 2.45) is 0 Å². The molecule has 3 aromatic carbocycles. The summed E-state index contributed by atoms with van der Waals surface area (Å²) in [7, 11) is 1.58. The molecule has 1 amide bonds. The van der Waals surface area contributed by atoms with Gasteiger partial charge in [-0.25, -0.2) is 0 Å². The Morgan fingerprint density at radius 3 is 2.57 bits per heavy atom. The smallest absolute Gasteiger partial charge is 0.262 e. The molecular formula is C27H23ClN2O5. The monoisotopic (exact) mass is 490 g/mol. The van der Waals surface area contributed by atoms with Gasteiger partial charge in [0.2, 0.25) is 12.7 Å². The SMILES string of the molecule is COc1ccc2c(c1)c(CC(=O)NCc1ccc3c(c1)OCO3)c(C)n2C(=O)c1ccc(Cl)cc1. The number of aromatic nitrogens is 1. The van der Waals surface area contributed by atoms with E-state index in [-0.39, 0.29) is 25.0 Å². The van der Waals surface area contributed by atoms with Crippen LogP contribution in [-0.4, -0.2) is 30.3 Å². The van der Waals surface area contributed by atoms with Gasteiger partial charge in [-0.3, -0.25) is 14.2 Å². The molecule has 0 spiro atoms. The zero-order valence-corrected chi connectivity index (χ0v) is 20.0. The van der Waals surface area contributed by atoms with Gasteiger partial charge < -0.3 is 19.5 Å². The van der Waals surface area contributed by atoms with Crippen molar-refractivity contribution in [1.29, 1.82) is 0 Å². The van der Waals surface area contributed by atoms with Gasteiger partial charge in [0.25, 0.3) is 5.91 Å². The number of ether oxygens (including phenoxy) is 3. The molecule has 1 aliphatic rings. The van der Waals surface area contributed by atoms with E-state index in [0.717, 1.165) is 16.5 Å². The fourth-order valence-electron chi connectivity index (χ4n) is 4.27. The summed E-state index contributed by atoms with van der Waals surface area (Å²) in [5.41, 5.74) is 3.59. The predicted octanol–water partition coefficient (Wildman–Crippen LogP) is 4.89. The maximum absolute atomic E-state index is 13.4. The minimum absolute atomic E-state index is 0.112. The second-order valence-corrected chi connectivity index (χ2v) is 8.67. The van der Waals surface area contributed by atoms with Crippen LogP contribution in [0.15, 0.2) is 60.7 Å². The zero-order valence-electron chi connectivity index (χ0n) is 19.3. The van der Waals surface area contributed by atoms with E-state index in [2.05, 4.69) is 5.32 Å². The van der Waals surface area contributed by atoms with Crippen molar-refractivity contribution >= 4 is 34.3 Å². The number of hydrogen-bond donors (Lipinski definition) is 1. The van der Waals surface area contributed by atoms with Crippen LogP contribution in [0.5, 0.6) is 17.2 Å². The van der Waals surface area contributed by atoms with Crippen LogP contribution < -0.4 is 19.5 Å². The highest BCUT2D eigenvalue weighted by Gasteiger charge is 2.22. The molecule has 0 fully saturated rings. The van der Waals surface area contributed by atoms with Crippen molar-refractivity contribution in [3.05, 3.63) is 88.1 Å². The number of amides is 1. The third-order valence-corrected chi connectivity index (χ3v) is 6.35. The highest BCUT2D eigenvalue weighted by Crippen LogP contribution is 2.33. The van der Waals surface area contributed by atoms with Gasteiger partial charge in [0.15, 0.2) is 11.5 Å². The lowest BCUT2D eigenvalue weighted by Gasteiger charge is -2.09. The summed E-state index contributed by atoms with van der Waals surface area (Å²) < 4.78 is 17.8. The van der Waals surface area contributed by atoms with Gasteiger partial charge in [0.1, 0.15) is 5.75 Å². The first-order chi connectivity index (χ1) is 16.9. The Balaban J connectivity index is 1.43. The number of hydrogen-bond acceptors (Lipinski definition) is 5. The summed E-state index contributed by atoms with van der Waals surface area (Å²) >= 11 is 6.00. The molecule has 0 atom stereocenters. The highest BCUT2D eigenvalue weighted by atomic mass is 35.5. The maximum atomic E-state index is 13.4. The van der Waals surface area contributed by atoms with Crippen LogP contribution in [0.1, 0.15) is 27.2 Å². The average Bonchev–Trinajstić information content (AvgIpc) is 3.44. The van der Waals surface area contributed by atoms with Crippen LogP contribution in [0.2, 0.25) is 5.02 Å². The lowest BCUT2D eigenvalue weighted by molar-refractivity contribution is -0.120. The van der Waals surface area contributed by atoms with Crippen molar-refractivity contribution < 1.29 is 23.8 Å². The molecule has 5 rings (SSSR count). The number of nitrogens with one attached hydrogen (secondary N) is 1. The minimum Gasteiger partial charge on any atom is -0.497 e. The molecule has 1 aliphatic heterocycles. The molecular weight excluding hydrogens is 468 g/mol. The number of benzene rings is 3. The van der Waals surface area contributed by atoms with E-state index >= 15 is 0 Å². The van der Waals surface area contributed by atoms with Crippen molar-refractivity contribution in [3.8, 4) is 17.2 Å². The molecule has 35 heavy (non-hydrogen) atoms. The average molecular weight is 491 g/mol. The number of fused-ring (bicyclic) bond motifs is 2. The Morgan fingerprint density at radius 1 is 1.03 bits per heavy atom. The molecule has 1 aromatic heterocycles. The second kappa shape index (κ2) is 9.35. The van der Waals surface area contributed by atoms with Gasteiger partial charge in [-0.1, -0.05) is 17.7 Å². The summed E-state index contributed by atoms with van der Waals surface area (Å²) in [6, 6.07) is 17.8. The van der Waals surface area contributed by atoms with Gasteiger partial charge in [0.05, 0.1) is 19.0 Å². The van der Waals surface area contributed by atoms with Crippen molar-refractivity contribution in [2.45, 2.75) is 19.9 Å². The first kappa shape index (κ1) is 22.8. The van der Waals surface area contributed by atoms with E-state index < -0.39 is 0 Å². The Bertz CT molecular complexity index is 1440. The topological polar surface area (TPSA) is 78.8 Å². The number of methoxy groups -OCH3 is 1. The van der Waals surface area contributed by atoms with E-state index in [0.29, 0.717) is 45.6 Å². The number of carbonyl (C=O) groups is 2. The molecule has 2 heterocycles. The fraction of sp³-hybridized carbons (Fsp3) is 0.185. The lowest BCUT2D eigenvalue weighted by atomic mass is 10.1. The molecule has 178 valence electrons. The van der Waals surface area contributed by atoms with E-state index in [4.69, 9.17) is 25.8 Å². The van der Waals surface area contributed by atoms with Crippen LogP contribution >= 0.6 is 11.6 Å². The third kappa shape index (κ3) is 4.42. The summed E-state index contributed by atoms with van der Waals surface area (Å²) in [6.45, 7) is 2.40. The molecule has 0 aliphatic carbocycles. The van der Waals surface area contributed by atoms with E-state index in [1.807, 2.05) is 37.3 Å². The predicted molar refractivity (Wildman–Crippen MR) is 133 cm³/mol. The lowest BCUT2D eigenvalue weighted by Crippen LogP contribution is -2.25. The molecule has 8 heteroatoms. The number of carbonyl (C=O) groups excluding carboxylic acids is 2. The molecule has 0 saturated heterocycles. The normalized spacial score (nSPS) is 12.1. The first-order valence-electron chi connectivity index (χ1n) is 11.1. The van der Waals surface area contributed by atoms with Gasteiger partial charge >= 0.3 is 0 Å². The molecule has 1 N–H and O–H groups in total. The quantitative estimate of drug-likeness (QED) is 0.416. The van der Waals surface area contributed by atoms with E-state index in [1.165, 1.54) is 0 Å². The molecule has 0 radical (unpaired) electrons. The minimum atomic E-state index is -0.193. The summed E-state index contributed by atoms with van der Waals surface area (Å²) in [5.74, 6) is 1.66. The van der Waals surface area contributed by atoms with Gasteiger partial charge in [0, 0.05) is 28.2 Å². The summed E-state index contributed by atoms with van der Waals surface area (Å²) in [4.78, 5) is 26.4. The number of halogens is 1. The second-order valence-electron chi connectivity index (χ2n) is 8.24. The maximum Gasteiger partial charge on any atom is 0.262 e. The van der Waals surface area contributed by atoms with Crippen molar-refractivity contribution in [3.63, 3.8) is 0 Å². The zero-order chi connectivity index (χ0) is 24.5. The molecule has 0 unspecified atom stereocenters. The number of rotatable bonds is 6. The van der Waals surface area contributed by atoms with E-state index in [9.17, 15) is 9.59 Å². The van der Waals surface area contributed by atoms with Crippen LogP contribution in [-0.2, 0) is 17.8 Å². The van der Waals surface area contributed by atoms with Crippen molar-refractivity contribution in [1.82, 2.24) is 9.88 Å². The summed E-state index contributed by atoms with van der Waals surface area (Å²) in [5, 5.41) is 4.31. The van der Waals surface area contributed by atoms with Crippen LogP contribution in [0.25, 0.3) is 10.9 Å². The molecule has 0 saturated carbocycles. The van der Waals surface area contributed by atoms with Crippen LogP contribution in [0.4, 0.5) is 0 Å². The molecule has 4 aromatic rings. The highest BCUT2D eigenvalue weighted by molar-refractivity contribution is 6.30. The fourth-order valence-corrected chi connectivity index (χ4v) is 4.40. The third-order valence-electron chi connectivity index (χ3n) is 6.10. The summed E-state index contributed by atoms with van der Waals surface area (Å²) in [6.07, 6.45) is 0.112. The largest absolute Gasteiger partial charge is 0.497 e. The van der Waals surface area contributed by atoms with Gasteiger partial charge in [-0.15, -0.1) is 0 Å². The first-order valence-corrected chi connectivity index (χ1v) is 11.5. The Hall–Kier alpha value is -3.97. The Morgan fingerprint density at radius 2 is 1.80 bits per heavy atom. The van der Waals surface area contributed by atoms with Crippen LogP contribution in [0, 0.1) is 6.92 Å². The van der Waals surface area contributed by atoms with Crippen molar-refractivity contribution in [2.75, 3.05) is 13.9 Å². The number of nitrogens with zero attached hydrogens (tertiary/aromatic N) is 1. The molecule has 7 nitrogen and oxygen atoms in total. The van der Waals surface area contributed by atoms with Gasteiger partial charge in [-0.2, -0.15) is 0 Å². The van der Waals surface area contributed by atoms with E-state index in [1.54, 1.807) is 42.0 Å².